The van der Waals surface area contributed by atoms with Crippen LogP contribution in [0.15, 0.2) is 200 Å². The van der Waals surface area contributed by atoms with Crippen molar-refractivity contribution in [1.82, 2.24) is 14.1 Å². The van der Waals surface area contributed by atoms with E-state index in [1.54, 1.807) is 11.3 Å². The van der Waals surface area contributed by atoms with Crippen LogP contribution in [0.5, 0.6) is 0 Å². The maximum absolute atomic E-state index is 5.04. The summed E-state index contributed by atoms with van der Waals surface area (Å²) in [7, 11) is 0. The quantitative estimate of drug-likeness (QED) is 0.172. The Kier molecular flexibility index (Phi) is 7.10. The molecule has 3 nitrogen and oxygen atoms in total. The van der Waals surface area contributed by atoms with E-state index in [-0.39, 0.29) is 0 Å². The van der Waals surface area contributed by atoms with Crippen LogP contribution in [0.25, 0.3) is 109 Å². The topological polar surface area (TPSA) is 22.8 Å². The summed E-state index contributed by atoms with van der Waals surface area (Å²) < 4.78 is 6.04. The fourth-order valence-electron chi connectivity index (χ4n) is 8.93. The molecule has 4 heteroatoms. The number of benzene rings is 9. The maximum atomic E-state index is 5.04. The molecule has 12 aromatic rings. The molecule has 0 spiro atoms. The van der Waals surface area contributed by atoms with Gasteiger partial charge in [0, 0.05) is 38.2 Å². The molecule has 12 rings (SSSR count). The molecule has 0 bridgehead atoms. The van der Waals surface area contributed by atoms with Crippen molar-refractivity contribution in [3.8, 4) is 44.2 Å². The lowest BCUT2D eigenvalue weighted by atomic mass is 10.0. The molecule has 0 aliphatic rings. The zero-order chi connectivity index (χ0) is 37.5. The van der Waals surface area contributed by atoms with Crippen molar-refractivity contribution in [2.75, 3.05) is 0 Å². The molecule has 0 fully saturated rings. The number of fused-ring (bicyclic) bond motifs is 8. The van der Waals surface area contributed by atoms with Gasteiger partial charge < -0.3 is 9.13 Å². The Morgan fingerprint density at radius 3 is 1.58 bits per heavy atom. The molecule has 3 aromatic heterocycles. The van der Waals surface area contributed by atoms with Gasteiger partial charge in [-0.15, -0.1) is 11.3 Å². The molecule has 0 unspecified atom stereocenters. The standard InChI is InChI=1S/C53H33N3S/c1-2-12-34(13-3-1)35-22-26-38(27-23-35)55-47-19-9-6-16-41(47)44-32-36(24-29-50(44)55)37-25-30-51-45(33-37)42-17-7-10-20-48(42)56(51)49-31-28-43(39-14-4-5-15-40(39)49)53-54-46-18-8-11-21-52(46)57-53/h1-33H. The average Bonchev–Trinajstić information content (AvgIpc) is 3.96. The van der Waals surface area contributed by atoms with Crippen LogP contribution in [0.4, 0.5) is 0 Å². The Bertz CT molecular complexity index is 3480. The Morgan fingerprint density at radius 2 is 0.877 bits per heavy atom. The first-order valence-electron chi connectivity index (χ1n) is 19.4. The minimum absolute atomic E-state index is 1.04. The monoisotopic (exact) mass is 743 g/mol. The van der Waals surface area contributed by atoms with Crippen LogP contribution in [-0.4, -0.2) is 14.1 Å². The first-order valence-corrected chi connectivity index (χ1v) is 20.2. The van der Waals surface area contributed by atoms with Crippen molar-refractivity contribution in [1.29, 1.82) is 0 Å². The SMILES string of the molecule is c1ccc(-c2ccc(-n3c4ccccc4c4cc(-c5ccc6c(c5)c5ccccc5n6-c5ccc(-c6nc7ccccc7s6)c6ccccc56)ccc43)cc2)cc1. The molecule has 0 aliphatic carbocycles. The van der Waals surface area contributed by atoms with Gasteiger partial charge >= 0.3 is 0 Å². The van der Waals surface area contributed by atoms with Crippen molar-refractivity contribution < 1.29 is 0 Å². The summed E-state index contributed by atoms with van der Waals surface area (Å²) in [5.74, 6) is 0. The van der Waals surface area contributed by atoms with Gasteiger partial charge in [-0.05, 0) is 100 Å². The maximum Gasteiger partial charge on any atom is 0.125 e. The van der Waals surface area contributed by atoms with E-state index in [9.17, 15) is 0 Å². The minimum Gasteiger partial charge on any atom is -0.309 e. The molecule has 266 valence electrons. The third kappa shape index (κ3) is 5.01. The summed E-state index contributed by atoms with van der Waals surface area (Å²) in [6.07, 6.45) is 0. The largest absolute Gasteiger partial charge is 0.309 e. The Labute approximate surface area is 333 Å². The highest BCUT2D eigenvalue weighted by Gasteiger charge is 2.19. The first kappa shape index (κ1) is 32.0. The van der Waals surface area contributed by atoms with Gasteiger partial charge in [0.15, 0.2) is 0 Å². The van der Waals surface area contributed by atoms with Crippen LogP contribution in [0.1, 0.15) is 0 Å². The van der Waals surface area contributed by atoms with E-state index in [4.69, 9.17) is 4.98 Å². The van der Waals surface area contributed by atoms with E-state index in [1.807, 2.05) is 0 Å². The van der Waals surface area contributed by atoms with E-state index < -0.39 is 0 Å². The molecule has 0 radical (unpaired) electrons. The molecule has 9 aromatic carbocycles. The normalized spacial score (nSPS) is 11.9. The first-order chi connectivity index (χ1) is 28.3. The van der Waals surface area contributed by atoms with Crippen molar-refractivity contribution in [3.05, 3.63) is 200 Å². The lowest BCUT2D eigenvalue weighted by molar-refractivity contribution is 1.18. The molecule has 3 heterocycles. The van der Waals surface area contributed by atoms with Crippen LogP contribution in [0.3, 0.4) is 0 Å². The predicted molar refractivity (Wildman–Crippen MR) is 242 cm³/mol. The predicted octanol–water partition coefficient (Wildman–Crippen LogP) is 14.6. The average molecular weight is 744 g/mol. The lowest BCUT2D eigenvalue weighted by Gasteiger charge is -2.14. The van der Waals surface area contributed by atoms with Crippen LogP contribution in [-0.2, 0) is 0 Å². The summed E-state index contributed by atoms with van der Waals surface area (Å²) in [5.41, 5.74) is 14.2. The third-order valence-corrected chi connectivity index (χ3v) is 12.6. The molecular formula is C53H33N3S. The van der Waals surface area contributed by atoms with Crippen LogP contribution >= 0.6 is 11.3 Å². The van der Waals surface area contributed by atoms with Crippen LogP contribution in [0.2, 0.25) is 0 Å². The molecule has 0 amide bonds. The van der Waals surface area contributed by atoms with Gasteiger partial charge in [-0.25, -0.2) is 4.98 Å². The second-order valence-electron chi connectivity index (χ2n) is 14.7. The van der Waals surface area contributed by atoms with E-state index in [1.165, 1.54) is 92.6 Å². The van der Waals surface area contributed by atoms with Crippen LogP contribution in [0, 0.1) is 0 Å². The van der Waals surface area contributed by atoms with Gasteiger partial charge in [0.1, 0.15) is 5.01 Å². The van der Waals surface area contributed by atoms with Crippen molar-refractivity contribution in [2.45, 2.75) is 0 Å². The van der Waals surface area contributed by atoms with E-state index in [0.717, 1.165) is 16.2 Å². The molecule has 57 heavy (non-hydrogen) atoms. The highest BCUT2D eigenvalue weighted by Crippen LogP contribution is 2.42. The van der Waals surface area contributed by atoms with E-state index in [2.05, 4.69) is 209 Å². The molecule has 0 aliphatic heterocycles. The lowest BCUT2D eigenvalue weighted by Crippen LogP contribution is -1.96. The van der Waals surface area contributed by atoms with Crippen molar-refractivity contribution in [2.24, 2.45) is 0 Å². The number of hydrogen-bond donors (Lipinski definition) is 0. The number of thiazole rings is 1. The Balaban J connectivity index is 0.995. The molecular weight excluding hydrogens is 711 g/mol. The molecule has 0 atom stereocenters. The second kappa shape index (κ2) is 12.6. The summed E-state index contributed by atoms with van der Waals surface area (Å²) >= 11 is 1.75. The van der Waals surface area contributed by atoms with Gasteiger partial charge in [0.05, 0.1) is 38.0 Å². The third-order valence-electron chi connectivity index (χ3n) is 11.6. The van der Waals surface area contributed by atoms with Gasteiger partial charge in [-0.2, -0.15) is 0 Å². The zero-order valence-corrected chi connectivity index (χ0v) is 31.6. The zero-order valence-electron chi connectivity index (χ0n) is 30.8. The highest BCUT2D eigenvalue weighted by molar-refractivity contribution is 7.21. The number of aromatic nitrogens is 3. The summed E-state index contributed by atoms with van der Waals surface area (Å²) in [5, 5.41) is 8.44. The summed E-state index contributed by atoms with van der Waals surface area (Å²) in [6.45, 7) is 0. The van der Waals surface area contributed by atoms with E-state index >= 15 is 0 Å². The highest BCUT2D eigenvalue weighted by atomic mass is 32.1. The summed E-state index contributed by atoms with van der Waals surface area (Å²) in [6, 6.07) is 72.7. The molecule has 0 saturated heterocycles. The Morgan fingerprint density at radius 1 is 0.351 bits per heavy atom. The van der Waals surface area contributed by atoms with Crippen molar-refractivity contribution >= 4 is 75.9 Å². The summed E-state index contributed by atoms with van der Waals surface area (Å²) in [4.78, 5) is 5.04. The Hall–Kier alpha value is -7.27. The van der Waals surface area contributed by atoms with Gasteiger partial charge in [-0.1, -0.05) is 127 Å². The van der Waals surface area contributed by atoms with E-state index in [0.29, 0.717) is 0 Å². The second-order valence-corrected chi connectivity index (χ2v) is 15.8. The fraction of sp³-hybridized carbons (Fsp3) is 0. The van der Waals surface area contributed by atoms with Crippen LogP contribution < -0.4 is 0 Å². The van der Waals surface area contributed by atoms with Gasteiger partial charge in [0.25, 0.3) is 0 Å². The molecule has 0 saturated carbocycles. The number of hydrogen-bond acceptors (Lipinski definition) is 2. The smallest absolute Gasteiger partial charge is 0.125 e. The van der Waals surface area contributed by atoms with Gasteiger partial charge in [-0.3, -0.25) is 0 Å². The number of nitrogens with zero attached hydrogens (tertiary/aromatic N) is 3. The number of para-hydroxylation sites is 3. The molecule has 0 N–H and O–H groups in total. The van der Waals surface area contributed by atoms with Gasteiger partial charge in [0.2, 0.25) is 0 Å². The number of rotatable bonds is 5. The van der Waals surface area contributed by atoms with Crippen molar-refractivity contribution in [3.63, 3.8) is 0 Å². The fourth-order valence-corrected chi connectivity index (χ4v) is 9.93. The minimum atomic E-state index is 1.04.